The number of hydrogen-bond acceptors (Lipinski definition) is 1. The SMILES string of the molecule is CCCOC1([Si](Cl)(Cl)Cl)C=CC=C(C2CCCCC2)C1. The lowest BCUT2D eigenvalue weighted by molar-refractivity contribution is 0.0471. The highest BCUT2D eigenvalue weighted by Gasteiger charge is 2.52. The van der Waals surface area contributed by atoms with Crippen LogP contribution in [0.25, 0.3) is 0 Å². The molecule has 1 nitrogen and oxygen atoms in total. The molecule has 1 unspecified atom stereocenters. The van der Waals surface area contributed by atoms with Gasteiger partial charge in [-0.15, -0.1) is 33.2 Å². The molecule has 2 aliphatic carbocycles. The summed E-state index contributed by atoms with van der Waals surface area (Å²) in [4.78, 5) is 0. The van der Waals surface area contributed by atoms with E-state index in [1.807, 2.05) is 12.2 Å². The monoisotopic (exact) mass is 352 g/mol. The highest BCUT2D eigenvalue weighted by atomic mass is 35.8. The minimum absolute atomic E-state index is 0.642. The Morgan fingerprint density at radius 3 is 2.55 bits per heavy atom. The lowest BCUT2D eigenvalue weighted by atomic mass is 9.80. The van der Waals surface area contributed by atoms with Crippen molar-refractivity contribution >= 4 is 39.2 Å². The molecule has 20 heavy (non-hydrogen) atoms. The summed E-state index contributed by atoms with van der Waals surface area (Å²) in [6.45, 7) is 2.72. The highest BCUT2D eigenvalue weighted by Crippen LogP contribution is 2.46. The molecule has 0 aromatic carbocycles. The van der Waals surface area contributed by atoms with Gasteiger partial charge in [-0.05, 0) is 25.2 Å². The normalized spacial score (nSPS) is 28.5. The standard InChI is InChI=1S/C15H23Cl3OSi/c1-2-11-19-15(20(16,17)18)10-6-9-14(12-15)13-7-4-3-5-8-13/h6,9-10,13H,2-5,7-8,11-12H2,1H3. The molecule has 0 amide bonds. The molecule has 0 heterocycles. The largest absolute Gasteiger partial charge is 0.376 e. The number of rotatable bonds is 5. The second-order valence-electron chi connectivity index (χ2n) is 5.85. The van der Waals surface area contributed by atoms with E-state index >= 15 is 0 Å². The summed E-state index contributed by atoms with van der Waals surface area (Å²) in [5, 5.41) is -0.671. The quantitative estimate of drug-likeness (QED) is 0.447. The molecule has 5 heteroatoms. The molecule has 114 valence electrons. The molecule has 0 aromatic heterocycles. The summed E-state index contributed by atoms with van der Waals surface area (Å²) in [7, 11) is 0. The van der Waals surface area contributed by atoms with Crippen LogP contribution in [0, 0.1) is 5.92 Å². The van der Waals surface area contributed by atoms with Gasteiger partial charge in [0.2, 0.25) is 0 Å². The van der Waals surface area contributed by atoms with E-state index in [0.717, 1.165) is 12.8 Å². The molecule has 2 aliphatic rings. The fourth-order valence-corrected chi connectivity index (χ4v) is 5.78. The van der Waals surface area contributed by atoms with Gasteiger partial charge in [-0.1, -0.05) is 50.0 Å². The van der Waals surface area contributed by atoms with E-state index in [2.05, 4.69) is 13.0 Å². The fourth-order valence-electron chi connectivity index (χ4n) is 3.16. The Labute approximate surface area is 137 Å². The maximum absolute atomic E-state index is 6.38. The van der Waals surface area contributed by atoms with Crippen molar-refractivity contribution in [1.82, 2.24) is 0 Å². The van der Waals surface area contributed by atoms with Gasteiger partial charge >= 0.3 is 6.00 Å². The molecule has 1 saturated carbocycles. The van der Waals surface area contributed by atoms with E-state index in [-0.39, 0.29) is 0 Å². The second-order valence-corrected chi connectivity index (χ2v) is 14.5. The van der Waals surface area contributed by atoms with Gasteiger partial charge in [-0.2, -0.15) is 0 Å². The van der Waals surface area contributed by atoms with Crippen LogP contribution in [-0.4, -0.2) is 17.8 Å². The molecule has 0 bridgehead atoms. The maximum atomic E-state index is 6.38. The van der Waals surface area contributed by atoms with Gasteiger partial charge in [0.1, 0.15) is 5.22 Å². The molecule has 2 rings (SSSR count). The molecule has 0 radical (unpaired) electrons. The van der Waals surface area contributed by atoms with E-state index in [9.17, 15) is 0 Å². The average Bonchev–Trinajstić information content (AvgIpc) is 2.45. The first-order chi connectivity index (χ1) is 9.48. The van der Waals surface area contributed by atoms with E-state index in [1.54, 1.807) is 0 Å². The van der Waals surface area contributed by atoms with Crippen LogP contribution in [-0.2, 0) is 4.74 Å². The Morgan fingerprint density at radius 1 is 1.25 bits per heavy atom. The lowest BCUT2D eigenvalue weighted by Gasteiger charge is -2.40. The van der Waals surface area contributed by atoms with Crippen LogP contribution < -0.4 is 0 Å². The molecular weight excluding hydrogens is 331 g/mol. The van der Waals surface area contributed by atoms with Crippen molar-refractivity contribution in [3.8, 4) is 0 Å². The molecular formula is C15H23Cl3OSi. The number of allylic oxidation sites excluding steroid dienone is 2. The molecule has 0 saturated heterocycles. The van der Waals surface area contributed by atoms with E-state index in [4.69, 9.17) is 38.0 Å². The Kier molecular flexibility index (Phi) is 6.07. The first-order valence-corrected chi connectivity index (χ1v) is 12.6. The van der Waals surface area contributed by atoms with E-state index in [1.165, 1.54) is 37.7 Å². The van der Waals surface area contributed by atoms with Crippen LogP contribution in [0.2, 0.25) is 0 Å². The average molecular weight is 354 g/mol. The Balaban J connectivity index is 2.15. The number of hydrogen-bond donors (Lipinski definition) is 0. The first-order valence-electron chi connectivity index (χ1n) is 7.57. The van der Waals surface area contributed by atoms with Crippen LogP contribution in [0.4, 0.5) is 0 Å². The van der Waals surface area contributed by atoms with E-state index < -0.39 is 11.2 Å². The van der Waals surface area contributed by atoms with Gasteiger partial charge in [0.25, 0.3) is 0 Å². The molecule has 0 aromatic rings. The molecule has 0 aliphatic heterocycles. The van der Waals surface area contributed by atoms with Crippen LogP contribution in [0.15, 0.2) is 23.8 Å². The Bertz CT molecular complexity index is 383. The molecule has 1 atom stereocenters. The van der Waals surface area contributed by atoms with Gasteiger partial charge in [-0.3, -0.25) is 0 Å². The zero-order chi connectivity index (χ0) is 14.6. The molecule has 0 N–H and O–H groups in total. The summed E-state index contributed by atoms with van der Waals surface area (Å²) in [6.07, 6.45) is 14.5. The van der Waals surface area contributed by atoms with Crippen molar-refractivity contribution in [1.29, 1.82) is 0 Å². The number of halogens is 3. The molecule has 1 fully saturated rings. The zero-order valence-corrected chi connectivity index (χ0v) is 15.3. The summed E-state index contributed by atoms with van der Waals surface area (Å²) in [5.41, 5.74) is 1.42. The number of ether oxygens (including phenoxy) is 1. The summed E-state index contributed by atoms with van der Waals surface area (Å²) in [6, 6.07) is -2.98. The van der Waals surface area contributed by atoms with Crippen LogP contribution in [0.3, 0.4) is 0 Å². The summed E-state index contributed by atoms with van der Waals surface area (Å²) < 4.78 is 6.04. The van der Waals surface area contributed by atoms with Gasteiger partial charge in [-0.25, -0.2) is 0 Å². The highest BCUT2D eigenvalue weighted by molar-refractivity contribution is 7.65. The van der Waals surface area contributed by atoms with Crippen molar-refractivity contribution < 1.29 is 4.74 Å². The first kappa shape index (κ1) is 16.9. The van der Waals surface area contributed by atoms with Crippen molar-refractivity contribution in [3.05, 3.63) is 23.8 Å². The van der Waals surface area contributed by atoms with Crippen molar-refractivity contribution in [2.75, 3.05) is 6.61 Å². The zero-order valence-electron chi connectivity index (χ0n) is 12.0. The minimum atomic E-state index is -2.98. The minimum Gasteiger partial charge on any atom is -0.370 e. The van der Waals surface area contributed by atoms with Gasteiger partial charge in [0, 0.05) is 13.0 Å². The topological polar surface area (TPSA) is 9.23 Å². The van der Waals surface area contributed by atoms with Crippen LogP contribution in [0.1, 0.15) is 51.9 Å². The van der Waals surface area contributed by atoms with Gasteiger partial charge in [0.05, 0.1) is 0 Å². The molecule has 0 spiro atoms. The van der Waals surface area contributed by atoms with Crippen LogP contribution >= 0.6 is 33.2 Å². The maximum Gasteiger partial charge on any atom is 0.376 e. The third kappa shape index (κ3) is 3.83. The third-order valence-electron chi connectivity index (χ3n) is 4.32. The van der Waals surface area contributed by atoms with Gasteiger partial charge < -0.3 is 4.74 Å². The Morgan fingerprint density at radius 2 is 1.95 bits per heavy atom. The van der Waals surface area contributed by atoms with Crippen molar-refractivity contribution in [2.24, 2.45) is 5.92 Å². The van der Waals surface area contributed by atoms with Crippen molar-refractivity contribution in [3.63, 3.8) is 0 Å². The smallest absolute Gasteiger partial charge is 0.370 e. The van der Waals surface area contributed by atoms with E-state index in [0.29, 0.717) is 12.5 Å². The second kappa shape index (κ2) is 7.19. The summed E-state index contributed by atoms with van der Waals surface area (Å²) in [5.74, 6) is 0.652. The predicted octanol–water partition coefficient (Wildman–Crippen LogP) is 5.81. The van der Waals surface area contributed by atoms with Crippen molar-refractivity contribution in [2.45, 2.75) is 57.1 Å². The Hall–Kier alpha value is 0.527. The lowest BCUT2D eigenvalue weighted by Crippen LogP contribution is -2.50. The van der Waals surface area contributed by atoms with Gasteiger partial charge in [0.15, 0.2) is 0 Å². The van der Waals surface area contributed by atoms with Crippen LogP contribution in [0.5, 0.6) is 0 Å². The summed E-state index contributed by atoms with van der Waals surface area (Å²) >= 11 is 19.1. The predicted molar refractivity (Wildman–Crippen MR) is 90.7 cm³/mol. The third-order valence-corrected chi connectivity index (χ3v) is 8.64. The fraction of sp³-hybridized carbons (Fsp3) is 0.733.